The van der Waals surface area contributed by atoms with Crippen molar-refractivity contribution in [2.45, 2.75) is 25.7 Å². The first-order chi connectivity index (χ1) is 11.8. The molecule has 0 spiro atoms. The molecule has 1 amide bonds. The lowest BCUT2D eigenvalue weighted by Gasteiger charge is -2.22. The van der Waals surface area contributed by atoms with Gasteiger partial charge in [0.15, 0.2) is 0 Å². The minimum absolute atomic E-state index is 0.100. The topological polar surface area (TPSA) is 20.3 Å². The van der Waals surface area contributed by atoms with Crippen molar-refractivity contribution < 1.29 is 4.79 Å². The molecule has 1 saturated heterocycles. The Morgan fingerprint density at radius 3 is 2.17 bits per heavy atom. The molecule has 2 aromatic carbocycles. The van der Waals surface area contributed by atoms with E-state index in [9.17, 15) is 4.79 Å². The predicted molar refractivity (Wildman–Crippen MR) is 101 cm³/mol. The molecule has 24 heavy (non-hydrogen) atoms. The number of nitrogens with zero attached hydrogens (tertiary/aromatic N) is 1. The standard InChI is InChI=1S/C21H22ClNO/c22-20-13-7-6-12-18(20)16-19(17-10-4-3-5-11-17)21(24)23-14-8-1-2-9-15-23/h3-7,10-13,16H,1-2,8-9,14-15H2/b19-16+. The van der Waals surface area contributed by atoms with Crippen LogP contribution in [0.5, 0.6) is 0 Å². The number of hydrogen-bond donors (Lipinski definition) is 0. The van der Waals surface area contributed by atoms with Crippen molar-refractivity contribution in [1.29, 1.82) is 0 Å². The van der Waals surface area contributed by atoms with Gasteiger partial charge in [-0.3, -0.25) is 4.79 Å². The highest BCUT2D eigenvalue weighted by atomic mass is 35.5. The van der Waals surface area contributed by atoms with E-state index in [-0.39, 0.29) is 5.91 Å². The highest BCUT2D eigenvalue weighted by molar-refractivity contribution is 6.33. The van der Waals surface area contributed by atoms with Crippen LogP contribution in [-0.2, 0) is 4.79 Å². The van der Waals surface area contributed by atoms with Crippen molar-refractivity contribution in [2.75, 3.05) is 13.1 Å². The van der Waals surface area contributed by atoms with Crippen LogP contribution in [0.15, 0.2) is 54.6 Å². The summed E-state index contributed by atoms with van der Waals surface area (Å²) in [5.74, 6) is 0.100. The molecule has 124 valence electrons. The summed E-state index contributed by atoms with van der Waals surface area (Å²) in [5, 5.41) is 0.662. The van der Waals surface area contributed by atoms with Crippen molar-refractivity contribution in [3.05, 3.63) is 70.7 Å². The largest absolute Gasteiger partial charge is 0.339 e. The number of rotatable bonds is 3. The zero-order chi connectivity index (χ0) is 16.8. The van der Waals surface area contributed by atoms with Gasteiger partial charge in [-0.25, -0.2) is 0 Å². The lowest BCUT2D eigenvalue weighted by Crippen LogP contribution is -2.32. The van der Waals surface area contributed by atoms with Gasteiger partial charge in [-0.15, -0.1) is 0 Å². The van der Waals surface area contributed by atoms with Crippen LogP contribution in [0.25, 0.3) is 11.6 Å². The summed E-state index contributed by atoms with van der Waals surface area (Å²) in [7, 11) is 0. The average molecular weight is 340 g/mol. The van der Waals surface area contributed by atoms with Crippen molar-refractivity contribution in [2.24, 2.45) is 0 Å². The van der Waals surface area contributed by atoms with Gasteiger partial charge in [0.2, 0.25) is 0 Å². The number of carbonyl (C=O) groups is 1. The molecule has 1 heterocycles. The number of amides is 1. The maximum absolute atomic E-state index is 13.2. The Kier molecular flexibility index (Phi) is 5.71. The summed E-state index contributed by atoms with van der Waals surface area (Å²) in [4.78, 5) is 15.2. The Balaban J connectivity index is 1.99. The summed E-state index contributed by atoms with van der Waals surface area (Å²) in [6, 6.07) is 17.5. The smallest absolute Gasteiger partial charge is 0.254 e. The molecule has 2 nitrogen and oxygen atoms in total. The van der Waals surface area contributed by atoms with Crippen molar-refractivity contribution in [1.82, 2.24) is 4.90 Å². The minimum atomic E-state index is 0.100. The second kappa shape index (κ2) is 8.16. The summed E-state index contributed by atoms with van der Waals surface area (Å²) < 4.78 is 0. The summed E-state index contributed by atoms with van der Waals surface area (Å²) >= 11 is 6.30. The van der Waals surface area contributed by atoms with Gasteiger partial charge in [-0.05, 0) is 36.1 Å². The predicted octanol–water partition coefficient (Wildman–Crippen LogP) is 5.28. The fourth-order valence-corrected chi connectivity index (χ4v) is 3.27. The zero-order valence-electron chi connectivity index (χ0n) is 13.7. The van der Waals surface area contributed by atoms with Crippen molar-refractivity contribution in [3.63, 3.8) is 0 Å². The van der Waals surface area contributed by atoms with Crippen LogP contribution in [0.4, 0.5) is 0 Å². The Hall–Kier alpha value is -2.06. The third-order valence-electron chi connectivity index (χ3n) is 4.41. The zero-order valence-corrected chi connectivity index (χ0v) is 14.5. The van der Waals surface area contributed by atoms with Crippen LogP contribution < -0.4 is 0 Å². The van der Waals surface area contributed by atoms with Crippen LogP contribution >= 0.6 is 11.6 Å². The van der Waals surface area contributed by atoms with E-state index in [0.29, 0.717) is 10.6 Å². The first-order valence-electron chi connectivity index (χ1n) is 8.56. The van der Waals surface area contributed by atoms with E-state index in [0.717, 1.165) is 37.1 Å². The average Bonchev–Trinajstić information content (AvgIpc) is 2.91. The van der Waals surface area contributed by atoms with Gasteiger partial charge >= 0.3 is 0 Å². The second-order valence-electron chi connectivity index (χ2n) is 6.15. The molecule has 1 aliphatic heterocycles. The molecule has 3 heteroatoms. The summed E-state index contributed by atoms with van der Waals surface area (Å²) in [5.41, 5.74) is 2.53. The quantitative estimate of drug-likeness (QED) is 0.550. The third kappa shape index (κ3) is 4.07. The van der Waals surface area contributed by atoms with Gasteiger partial charge in [0, 0.05) is 23.7 Å². The van der Waals surface area contributed by atoms with E-state index < -0.39 is 0 Å². The lowest BCUT2D eigenvalue weighted by atomic mass is 10.0. The first kappa shape index (κ1) is 16.8. The number of benzene rings is 2. The molecule has 0 aliphatic carbocycles. The highest BCUT2D eigenvalue weighted by Crippen LogP contribution is 2.25. The number of hydrogen-bond acceptors (Lipinski definition) is 1. The van der Waals surface area contributed by atoms with E-state index in [1.807, 2.05) is 65.6 Å². The fraction of sp³-hybridized carbons (Fsp3) is 0.286. The monoisotopic (exact) mass is 339 g/mol. The van der Waals surface area contributed by atoms with Gasteiger partial charge in [0.25, 0.3) is 5.91 Å². The molecule has 0 bridgehead atoms. The first-order valence-corrected chi connectivity index (χ1v) is 8.94. The summed E-state index contributed by atoms with van der Waals surface area (Å²) in [6.07, 6.45) is 6.50. The van der Waals surface area contributed by atoms with Crippen LogP contribution in [0.1, 0.15) is 36.8 Å². The molecular weight excluding hydrogens is 318 g/mol. The van der Waals surface area contributed by atoms with E-state index in [4.69, 9.17) is 11.6 Å². The molecule has 0 aromatic heterocycles. The summed E-state index contributed by atoms with van der Waals surface area (Å²) in [6.45, 7) is 1.68. The van der Waals surface area contributed by atoms with Gasteiger partial charge in [0.1, 0.15) is 0 Å². The lowest BCUT2D eigenvalue weighted by molar-refractivity contribution is -0.124. The van der Waals surface area contributed by atoms with Crippen molar-refractivity contribution >= 4 is 29.2 Å². The maximum atomic E-state index is 13.2. The molecule has 1 fully saturated rings. The van der Waals surface area contributed by atoms with E-state index in [1.54, 1.807) is 0 Å². The Bertz CT molecular complexity index is 716. The van der Waals surface area contributed by atoms with Crippen LogP contribution in [0.2, 0.25) is 5.02 Å². The SMILES string of the molecule is O=C(/C(=C/c1ccccc1Cl)c1ccccc1)N1CCCCCC1. The number of carbonyl (C=O) groups excluding carboxylic acids is 1. The maximum Gasteiger partial charge on any atom is 0.254 e. The van der Waals surface area contributed by atoms with Crippen molar-refractivity contribution in [3.8, 4) is 0 Å². The molecule has 3 rings (SSSR count). The molecule has 0 radical (unpaired) electrons. The Morgan fingerprint density at radius 2 is 1.50 bits per heavy atom. The normalized spacial score (nSPS) is 15.9. The molecule has 1 aliphatic rings. The number of halogens is 1. The fourth-order valence-electron chi connectivity index (χ4n) is 3.08. The van der Waals surface area contributed by atoms with Gasteiger partial charge < -0.3 is 4.90 Å². The molecule has 0 N–H and O–H groups in total. The van der Waals surface area contributed by atoms with Crippen LogP contribution in [0.3, 0.4) is 0 Å². The highest BCUT2D eigenvalue weighted by Gasteiger charge is 2.21. The van der Waals surface area contributed by atoms with Gasteiger partial charge in [-0.1, -0.05) is 73.0 Å². The third-order valence-corrected chi connectivity index (χ3v) is 4.76. The van der Waals surface area contributed by atoms with E-state index in [1.165, 1.54) is 12.8 Å². The molecule has 2 aromatic rings. The molecular formula is C21H22ClNO. The van der Waals surface area contributed by atoms with E-state index in [2.05, 4.69) is 0 Å². The van der Waals surface area contributed by atoms with Crippen LogP contribution in [-0.4, -0.2) is 23.9 Å². The second-order valence-corrected chi connectivity index (χ2v) is 6.56. The Labute approximate surface area is 148 Å². The van der Waals surface area contributed by atoms with Gasteiger partial charge in [0.05, 0.1) is 0 Å². The molecule has 0 saturated carbocycles. The van der Waals surface area contributed by atoms with E-state index >= 15 is 0 Å². The minimum Gasteiger partial charge on any atom is -0.339 e. The molecule has 0 atom stereocenters. The number of likely N-dealkylation sites (tertiary alicyclic amines) is 1. The Morgan fingerprint density at radius 1 is 0.875 bits per heavy atom. The van der Waals surface area contributed by atoms with Gasteiger partial charge in [-0.2, -0.15) is 0 Å². The van der Waals surface area contributed by atoms with Crippen LogP contribution in [0, 0.1) is 0 Å². The molecule has 0 unspecified atom stereocenters.